The van der Waals surface area contributed by atoms with Crippen molar-refractivity contribution in [2.24, 2.45) is 0 Å². The second-order valence-corrected chi connectivity index (χ2v) is 23.5. The van der Waals surface area contributed by atoms with E-state index in [0.29, 0.717) is 17.4 Å². The average Bonchev–Trinajstić information content (AvgIpc) is 3.32. The third-order valence-electron chi connectivity index (χ3n) is 13.9. The lowest BCUT2D eigenvalue weighted by molar-refractivity contribution is -0.870. The van der Waals surface area contributed by atoms with E-state index in [9.17, 15) is 19.4 Å². The third kappa shape index (κ3) is 54.5. The first kappa shape index (κ1) is 68.7. The van der Waals surface area contributed by atoms with E-state index in [4.69, 9.17) is 9.05 Å². The summed E-state index contributed by atoms with van der Waals surface area (Å²) in [7, 11) is 1.58. The number of aliphatic hydroxyl groups excluding tert-OH is 1. The van der Waals surface area contributed by atoms with Crippen molar-refractivity contribution in [3.05, 3.63) is 36.5 Å². The number of phosphoric ester groups is 1. The summed E-state index contributed by atoms with van der Waals surface area (Å²) >= 11 is 0. The fourth-order valence-electron chi connectivity index (χ4n) is 9.08. The van der Waals surface area contributed by atoms with E-state index >= 15 is 0 Å². The quantitative estimate of drug-likeness (QED) is 0.0243. The van der Waals surface area contributed by atoms with E-state index in [-0.39, 0.29) is 19.1 Å². The number of quaternary nitrogens is 1. The number of aliphatic hydroxyl groups is 1. The molecule has 0 rings (SSSR count). The van der Waals surface area contributed by atoms with Gasteiger partial charge in [0.2, 0.25) is 5.91 Å². The largest absolute Gasteiger partial charge is 0.472 e. The van der Waals surface area contributed by atoms with Gasteiger partial charge in [-0.15, -0.1) is 0 Å². The van der Waals surface area contributed by atoms with E-state index in [1.807, 2.05) is 27.2 Å². The second-order valence-electron chi connectivity index (χ2n) is 22.1. The lowest BCUT2D eigenvalue weighted by Crippen LogP contribution is -2.45. The van der Waals surface area contributed by atoms with Gasteiger partial charge < -0.3 is 19.8 Å². The van der Waals surface area contributed by atoms with Gasteiger partial charge in [0.15, 0.2) is 0 Å². The molecular weight excluding hydrogens is 888 g/mol. The summed E-state index contributed by atoms with van der Waals surface area (Å²) in [6, 6.07) is -0.842. The minimum atomic E-state index is -4.34. The van der Waals surface area contributed by atoms with Crippen molar-refractivity contribution < 1.29 is 32.9 Å². The van der Waals surface area contributed by atoms with Crippen molar-refractivity contribution >= 4 is 13.7 Å². The first-order chi connectivity index (χ1) is 34.0. The van der Waals surface area contributed by atoms with Gasteiger partial charge in [-0.25, -0.2) is 4.57 Å². The average molecular weight is 1010 g/mol. The smallest absolute Gasteiger partial charge is 0.387 e. The number of hydrogen-bond acceptors (Lipinski definition) is 5. The number of amides is 1. The molecule has 8 nitrogen and oxygen atoms in total. The Morgan fingerprint density at radius 1 is 0.486 bits per heavy atom. The van der Waals surface area contributed by atoms with Gasteiger partial charge in [0.05, 0.1) is 39.9 Å². The molecule has 70 heavy (non-hydrogen) atoms. The van der Waals surface area contributed by atoms with Crippen molar-refractivity contribution in [3.8, 4) is 0 Å². The molecule has 3 N–H and O–H groups in total. The normalized spacial score (nSPS) is 14.1. The molecule has 0 fully saturated rings. The van der Waals surface area contributed by atoms with Crippen LogP contribution in [0, 0.1) is 0 Å². The molecular formula is C61H120N2O6P+. The lowest BCUT2D eigenvalue weighted by Gasteiger charge is -2.25. The molecule has 0 spiro atoms. The van der Waals surface area contributed by atoms with Gasteiger partial charge in [-0.05, 0) is 51.4 Å². The zero-order chi connectivity index (χ0) is 51.3. The Morgan fingerprint density at radius 2 is 0.814 bits per heavy atom. The summed E-state index contributed by atoms with van der Waals surface area (Å²) in [5.74, 6) is -0.173. The molecule has 0 radical (unpaired) electrons. The van der Waals surface area contributed by atoms with Gasteiger partial charge in [0.25, 0.3) is 0 Å². The number of carbonyl (C=O) groups is 1. The number of likely N-dealkylation sites (N-methyl/N-ethyl adjacent to an activating group) is 1. The van der Waals surface area contributed by atoms with Crippen LogP contribution in [0.2, 0.25) is 0 Å². The van der Waals surface area contributed by atoms with Crippen molar-refractivity contribution in [2.75, 3.05) is 40.9 Å². The molecule has 0 aromatic heterocycles. The van der Waals surface area contributed by atoms with E-state index in [1.54, 1.807) is 6.08 Å². The number of carbonyl (C=O) groups excluding carboxylic acids is 1. The Morgan fingerprint density at radius 3 is 1.17 bits per heavy atom. The molecule has 1 amide bonds. The summed E-state index contributed by atoms with van der Waals surface area (Å²) in [5, 5.41) is 13.9. The molecule has 0 aromatic carbocycles. The van der Waals surface area contributed by atoms with E-state index in [1.165, 1.54) is 231 Å². The number of unbranched alkanes of at least 4 members (excludes halogenated alkanes) is 39. The number of nitrogens with zero attached hydrogens (tertiary/aromatic N) is 1. The van der Waals surface area contributed by atoms with Crippen LogP contribution in [-0.4, -0.2) is 73.4 Å². The van der Waals surface area contributed by atoms with Crippen LogP contribution in [0.1, 0.15) is 296 Å². The predicted octanol–water partition coefficient (Wildman–Crippen LogP) is 18.5. The number of nitrogens with one attached hydrogen (secondary N) is 1. The molecule has 414 valence electrons. The highest BCUT2D eigenvalue weighted by Gasteiger charge is 2.27. The fraction of sp³-hybridized carbons (Fsp3) is 0.885. The Balaban J connectivity index is 3.86. The molecule has 0 aliphatic heterocycles. The SMILES string of the molecule is CCCCCCC/C=C\C/C=C\CCCCCCCCCCCCCCCCCCCCCCCCCCCC(=O)NC(COP(=O)(O)OCC[N+](C)(C)C)C(O)/C=C/CCCCCCCCCCC. The van der Waals surface area contributed by atoms with Gasteiger partial charge >= 0.3 is 7.82 Å². The van der Waals surface area contributed by atoms with Crippen molar-refractivity contribution in [3.63, 3.8) is 0 Å². The Hall–Kier alpha value is -1.28. The minimum absolute atomic E-state index is 0.0634. The van der Waals surface area contributed by atoms with E-state index < -0.39 is 20.0 Å². The van der Waals surface area contributed by atoms with Crippen LogP contribution in [-0.2, 0) is 18.4 Å². The highest BCUT2D eigenvalue weighted by atomic mass is 31.2. The fourth-order valence-corrected chi connectivity index (χ4v) is 9.81. The molecule has 0 aliphatic rings. The standard InChI is InChI=1S/C61H119N2O6P/c1-6-8-10-12-14-16-18-19-20-21-22-23-24-25-26-27-28-29-30-31-32-33-34-35-36-37-38-39-40-41-42-43-45-47-49-51-53-55-61(65)62-59(58-69-70(66,67)68-57-56-63(3,4)5)60(64)54-52-50-48-46-44-17-15-13-11-9-7-2/h18-19,21-22,52,54,59-60,64H,6-17,20,23-51,53,55-58H2,1-5H3,(H-,62,65,66,67)/p+1/b19-18-,22-21-,54-52+. The highest BCUT2D eigenvalue weighted by molar-refractivity contribution is 7.47. The van der Waals surface area contributed by atoms with Crippen LogP contribution in [0.5, 0.6) is 0 Å². The van der Waals surface area contributed by atoms with Crippen molar-refractivity contribution in [1.29, 1.82) is 0 Å². The van der Waals surface area contributed by atoms with Gasteiger partial charge in [-0.1, -0.05) is 275 Å². The number of hydrogen-bond donors (Lipinski definition) is 3. The van der Waals surface area contributed by atoms with E-state index in [2.05, 4.69) is 43.5 Å². The predicted molar refractivity (Wildman–Crippen MR) is 304 cm³/mol. The molecule has 0 aromatic rings. The molecule has 9 heteroatoms. The van der Waals surface area contributed by atoms with Crippen LogP contribution in [0.3, 0.4) is 0 Å². The summed E-state index contributed by atoms with van der Waals surface area (Å²) in [6.07, 6.45) is 68.5. The zero-order valence-corrected chi connectivity index (χ0v) is 48.2. The topological polar surface area (TPSA) is 105 Å². The molecule has 0 bridgehead atoms. The summed E-state index contributed by atoms with van der Waals surface area (Å²) in [6.45, 7) is 4.81. The Labute approximate surface area is 436 Å². The van der Waals surface area contributed by atoms with Crippen LogP contribution in [0.15, 0.2) is 36.5 Å². The Kier molecular flexibility index (Phi) is 51.6. The maximum atomic E-state index is 12.9. The van der Waals surface area contributed by atoms with Crippen LogP contribution in [0.25, 0.3) is 0 Å². The number of rotatable bonds is 56. The van der Waals surface area contributed by atoms with Gasteiger partial charge in [-0.2, -0.15) is 0 Å². The number of phosphoric acid groups is 1. The molecule has 3 atom stereocenters. The maximum Gasteiger partial charge on any atom is 0.472 e. The summed E-state index contributed by atoms with van der Waals surface area (Å²) < 4.78 is 23.6. The molecule has 0 saturated heterocycles. The van der Waals surface area contributed by atoms with Crippen molar-refractivity contribution in [2.45, 2.75) is 309 Å². The van der Waals surface area contributed by atoms with Crippen LogP contribution < -0.4 is 5.32 Å². The third-order valence-corrected chi connectivity index (χ3v) is 14.8. The monoisotopic (exact) mass is 1010 g/mol. The molecule has 0 saturated carbocycles. The summed E-state index contributed by atoms with van der Waals surface area (Å²) in [4.78, 5) is 23.2. The zero-order valence-electron chi connectivity index (χ0n) is 47.3. The molecule has 0 aliphatic carbocycles. The van der Waals surface area contributed by atoms with Gasteiger partial charge in [-0.3, -0.25) is 13.8 Å². The van der Waals surface area contributed by atoms with Gasteiger partial charge in [0, 0.05) is 6.42 Å². The van der Waals surface area contributed by atoms with Gasteiger partial charge in [0.1, 0.15) is 13.2 Å². The minimum Gasteiger partial charge on any atom is -0.387 e. The molecule has 3 unspecified atom stereocenters. The van der Waals surface area contributed by atoms with Crippen LogP contribution in [0.4, 0.5) is 0 Å². The second kappa shape index (κ2) is 52.6. The lowest BCUT2D eigenvalue weighted by atomic mass is 10.0. The molecule has 0 heterocycles. The first-order valence-corrected chi connectivity index (χ1v) is 31.9. The number of allylic oxidation sites excluding steroid dienone is 5. The van der Waals surface area contributed by atoms with Crippen LogP contribution >= 0.6 is 7.82 Å². The maximum absolute atomic E-state index is 12.9. The summed E-state index contributed by atoms with van der Waals surface area (Å²) in [5.41, 5.74) is 0. The first-order valence-electron chi connectivity index (χ1n) is 30.4. The van der Waals surface area contributed by atoms with Crippen molar-refractivity contribution in [1.82, 2.24) is 5.32 Å². The Bertz CT molecular complexity index is 1230. The van der Waals surface area contributed by atoms with E-state index in [0.717, 1.165) is 44.9 Å². The highest BCUT2D eigenvalue weighted by Crippen LogP contribution is 2.43.